The van der Waals surface area contributed by atoms with Crippen molar-refractivity contribution in [2.24, 2.45) is 5.92 Å². The maximum absolute atomic E-state index is 12.9. The average molecular weight is 328 g/mol. The molecule has 1 aromatic carbocycles. The van der Waals surface area contributed by atoms with Crippen LogP contribution >= 0.6 is 11.6 Å². The Balaban J connectivity index is 1.84. The number of nitrogens with one attached hydrogen (secondary N) is 1. The molecule has 0 heterocycles. The summed E-state index contributed by atoms with van der Waals surface area (Å²) in [6.45, 7) is 1.74. The van der Waals surface area contributed by atoms with Gasteiger partial charge in [0.25, 0.3) is 5.91 Å². The summed E-state index contributed by atoms with van der Waals surface area (Å²) in [4.78, 5) is 23.7. The monoisotopic (exact) mass is 327 g/mol. The summed E-state index contributed by atoms with van der Waals surface area (Å²) < 4.78 is 17.9. The molecular formula is C16H19ClFNO3. The number of ether oxygens (including phenoxy) is 1. The largest absolute Gasteiger partial charge is 0.452 e. The Hall–Kier alpha value is -1.62. The molecule has 22 heavy (non-hydrogen) atoms. The Bertz CT molecular complexity index is 564. The van der Waals surface area contributed by atoms with E-state index in [9.17, 15) is 14.0 Å². The van der Waals surface area contributed by atoms with Crippen molar-refractivity contribution in [3.63, 3.8) is 0 Å². The molecule has 0 radical (unpaired) electrons. The Morgan fingerprint density at radius 2 is 2.09 bits per heavy atom. The van der Waals surface area contributed by atoms with E-state index in [1.54, 1.807) is 0 Å². The van der Waals surface area contributed by atoms with E-state index in [1.165, 1.54) is 12.5 Å². The molecule has 0 unspecified atom stereocenters. The van der Waals surface area contributed by atoms with Crippen molar-refractivity contribution in [1.82, 2.24) is 5.32 Å². The smallest absolute Gasteiger partial charge is 0.340 e. The van der Waals surface area contributed by atoms with Crippen LogP contribution < -0.4 is 5.32 Å². The molecule has 1 amide bonds. The zero-order valence-electron chi connectivity index (χ0n) is 12.4. The van der Waals surface area contributed by atoms with Gasteiger partial charge in [-0.3, -0.25) is 4.79 Å². The van der Waals surface area contributed by atoms with Crippen molar-refractivity contribution < 1.29 is 18.7 Å². The molecule has 0 bridgehead atoms. The Morgan fingerprint density at radius 1 is 1.36 bits per heavy atom. The highest BCUT2D eigenvalue weighted by Crippen LogP contribution is 2.23. The van der Waals surface area contributed by atoms with Gasteiger partial charge in [0.1, 0.15) is 5.82 Å². The summed E-state index contributed by atoms with van der Waals surface area (Å²) in [5.74, 6) is -1.17. The fraction of sp³-hybridized carbons (Fsp3) is 0.500. The van der Waals surface area contributed by atoms with E-state index in [1.807, 2.05) is 0 Å². The fourth-order valence-corrected chi connectivity index (χ4v) is 2.89. The minimum Gasteiger partial charge on any atom is -0.452 e. The van der Waals surface area contributed by atoms with Crippen molar-refractivity contribution in [2.45, 2.75) is 38.6 Å². The Labute approximate surface area is 134 Å². The van der Waals surface area contributed by atoms with Gasteiger partial charge in [0.15, 0.2) is 6.61 Å². The number of carbonyl (C=O) groups is 2. The molecule has 120 valence electrons. The van der Waals surface area contributed by atoms with Crippen LogP contribution in [0.3, 0.4) is 0 Å². The van der Waals surface area contributed by atoms with E-state index >= 15 is 0 Å². The van der Waals surface area contributed by atoms with Gasteiger partial charge >= 0.3 is 5.97 Å². The summed E-state index contributed by atoms with van der Waals surface area (Å²) in [6.07, 6.45) is 4.33. The highest BCUT2D eigenvalue weighted by molar-refractivity contribution is 6.33. The van der Waals surface area contributed by atoms with Crippen LogP contribution in [0.15, 0.2) is 18.2 Å². The molecule has 2 rings (SSSR count). The molecule has 4 nitrogen and oxygen atoms in total. The van der Waals surface area contributed by atoms with Gasteiger partial charge in [-0.05, 0) is 37.0 Å². The molecule has 1 fully saturated rings. The van der Waals surface area contributed by atoms with E-state index in [-0.39, 0.29) is 29.1 Å². The molecule has 2 atom stereocenters. The summed E-state index contributed by atoms with van der Waals surface area (Å²) in [5, 5.41) is 2.85. The standard InChI is InChI=1S/C16H19ClFNO3/c1-10-4-2-3-5-14(10)19-15(20)9-22-16(21)12-7-6-11(18)8-13(12)17/h6-8,10,14H,2-5,9H2,1H3,(H,19,20)/t10-,14-/m1/s1. The van der Waals surface area contributed by atoms with E-state index in [2.05, 4.69) is 12.2 Å². The normalized spacial score (nSPS) is 21.2. The number of rotatable bonds is 4. The summed E-state index contributed by atoms with van der Waals surface area (Å²) >= 11 is 5.77. The SMILES string of the molecule is C[C@@H]1CCCC[C@H]1NC(=O)COC(=O)c1ccc(F)cc1Cl. The number of amides is 1. The minimum atomic E-state index is -0.739. The number of halogens is 2. The Kier molecular flexibility index (Phi) is 5.77. The van der Waals surface area contributed by atoms with Gasteiger partial charge in [0.05, 0.1) is 10.6 Å². The van der Waals surface area contributed by atoms with Crippen LogP contribution in [0.4, 0.5) is 4.39 Å². The minimum absolute atomic E-state index is 0.0358. The average Bonchev–Trinajstić information content (AvgIpc) is 2.47. The predicted octanol–water partition coefficient (Wildman–Crippen LogP) is 3.33. The van der Waals surface area contributed by atoms with Gasteiger partial charge in [-0.1, -0.05) is 31.4 Å². The lowest BCUT2D eigenvalue weighted by Gasteiger charge is -2.29. The molecule has 6 heteroatoms. The van der Waals surface area contributed by atoms with Crippen molar-refractivity contribution in [3.05, 3.63) is 34.6 Å². The van der Waals surface area contributed by atoms with Crippen molar-refractivity contribution in [1.29, 1.82) is 0 Å². The molecule has 1 N–H and O–H groups in total. The third-order valence-corrected chi connectivity index (χ3v) is 4.26. The van der Waals surface area contributed by atoms with Gasteiger partial charge in [-0.25, -0.2) is 9.18 Å². The second-order valence-corrected chi connectivity index (χ2v) is 6.04. The summed E-state index contributed by atoms with van der Waals surface area (Å²) in [5.41, 5.74) is 0.0434. The molecule has 1 aliphatic carbocycles. The molecular weight excluding hydrogens is 309 g/mol. The molecule has 0 aromatic heterocycles. The second kappa shape index (κ2) is 7.58. The maximum Gasteiger partial charge on any atom is 0.340 e. The van der Waals surface area contributed by atoms with Gasteiger partial charge in [-0.2, -0.15) is 0 Å². The van der Waals surface area contributed by atoms with E-state index in [0.717, 1.165) is 31.4 Å². The first kappa shape index (κ1) is 16.7. The van der Waals surface area contributed by atoms with Crippen LogP contribution in [0, 0.1) is 11.7 Å². The number of benzene rings is 1. The topological polar surface area (TPSA) is 55.4 Å². The first-order valence-electron chi connectivity index (χ1n) is 7.39. The number of hydrogen-bond acceptors (Lipinski definition) is 3. The lowest BCUT2D eigenvalue weighted by atomic mass is 9.86. The Morgan fingerprint density at radius 3 is 2.77 bits per heavy atom. The van der Waals surface area contributed by atoms with Gasteiger partial charge in [-0.15, -0.1) is 0 Å². The molecule has 1 saturated carbocycles. The third-order valence-electron chi connectivity index (χ3n) is 3.94. The zero-order valence-corrected chi connectivity index (χ0v) is 13.2. The van der Waals surface area contributed by atoms with Crippen LogP contribution in [-0.2, 0) is 9.53 Å². The first-order chi connectivity index (χ1) is 10.5. The number of carbonyl (C=O) groups excluding carboxylic acids is 2. The lowest BCUT2D eigenvalue weighted by Crippen LogP contribution is -2.42. The maximum atomic E-state index is 12.9. The molecule has 1 aliphatic rings. The third kappa shape index (κ3) is 4.44. The van der Waals surface area contributed by atoms with Gasteiger partial charge < -0.3 is 10.1 Å². The van der Waals surface area contributed by atoms with Crippen molar-refractivity contribution in [2.75, 3.05) is 6.61 Å². The second-order valence-electron chi connectivity index (χ2n) is 5.64. The van der Waals surface area contributed by atoms with E-state index in [4.69, 9.17) is 16.3 Å². The lowest BCUT2D eigenvalue weighted by molar-refractivity contribution is -0.125. The quantitative estimate of drug-likeness (QED) is 0.863. The van der Waals surface area contributed by atoms with Crippen LogP contribution in [0.2, 0.25) is 5.02 Å². The van der Waals surface area contributed by atoms with Gasteiger partial charge in [0.2, 0.25) is 0 Å². The molecule has 0 saturated heterocycles. The van der Waals surface area contributed by atoms with Gasteiger partial charge in [0, 0.05) is 6.04 Å². The number of esters is 1. The van der Waals surface area contributed by atoms with Crippen molar-refractivity contribution in [3.8, 4) is 0 Å². The van der Waals surface area contributed by atoms with E-state index < -0.39 is 11.8 Å². The zero-order chi connectivity index (χ0) is 16.1. The number of hydrogen-bond donors (Lipinski definition) is 1. The molecule has 0 aliphatic heterocycles. The van der Waals surface area contributed by atoms with E-state index in [0.29, 0.717) is 5.92 Å². The predicted molar refractivity (Wildman–Crippen MR) is 81.3 cm³/mol. The van der Waals surface area contributed by atoms with Crippen LogP contribution in [0.1, 0.15) is 43.0 Å². The molecule has 1 aromatic rings. The first-order valence-corrected chi connectivity index (χ1v) is 7.76. The highest BCUT2D eigenvalue weighted by Gasteiger charge is 2.23. The van der Waals surface area contributed by atoms with Crippen molar-refractivity contribution >= 4 is 23.5 Å². The highest BCUT2D eigenvalue weighted by atomic mass is 35.5. The van der Waals surface area contributed by atoms with Crippen LogP contribution in [0.5, 0.6) is 0 Å². The van der Waals surface area contributed by atoms with Crippen LogP contribution in [-0.4, -0.2) is 24.5 Å². The van der Waals surface area contributed by atoms with Crippen LogP contribution in [0.25, 0.3) is 0 Å². The fourth-order valence-electron chi connectivity index (χ4n) is 2.64. The summed E-state index contributed by atoms with van der Waals surface area (Å²) in [6, 6.07) is 3.52. The summed E-state index contributed by atoms with van der Waals surface area (Å²) in [7, 11) is 0. The molecule has 0 spiro atoms.